The Labute approximate surface area is 90.0 Å². The van der Waals surface area contributed by atoms with Crippen LogP contribution in [0.1, 0.15) is 19.3 Å². The highest BCUT2D eigenvalue weighted by Gasteiger charge is 1.98. The lowest BCUT2D eigenvalue weighted by atomic mass is 10.2. The fourth-order valence-electron chi connectivity index (χ4n) is 0.856. The molecule has 0 rings (SSSR count). The van der Waals surface area contributed by atoms with Gasteiger partial charge in [0.1, 0.15) is 0 Å². The first kappa shape index (κ1) is 13.4. The van der Waals surface area contributed by atoms with E-state index < -0.39 is 5.97 Å². The lowest BCUT2D eigenvalue weighted by Gasteiger charge is -1.92. The first-order valence-electron chi connectivity index (χ1n) is 4.76. The molecule has 0 amide bonds. The summed E-state index contributed by atoms with van der Waals surface area (Å²) in [5.41, 5.74) is 0. The number of unbranched alkanes of at least 4 members (excludes halogenated alkanes) is 1. The molecule has 15 heavy (non-hydrogen) atoms. The molecule has 3 nitrogen and oxygen atoms in total. The molecule has 0 saturated heterocycles. The van der Waals surface area contributed by atoms with E-state index in [2.05, 4.69) is 11.5 Å². The van der Waals surface area contributed by atoms with E-state index in [-0.39, 0.29) is 6.42 Å². The molecule has 0 fully saturated rings. The SMILES string of the molecule is C=CC=CC=CC=CCCCC(=O)OO. The fraction of sp³-hybridized carbons (Fsp3) is 0.250. The zero-order valence-corrected chi connectivity index (χ0v) is 8.63. The number of allylic oxidation sites excluding steroid dienone is 7. The third-order valence-corrected chi connectivity index (χ3v) is 1.57. The van der Waals surface area contributed by atoms with Crippen LogP contribution in [0.5, 0.6) is 0 Å². The molecule has 82 valence electrons. The van der Waals surface area contributed by atoms with E-state index in [9.17, 15) is 4.79 Å². The maximum absolute atomic E-state index is 10.5. The third kappa shape index (κ3) is 10.3. The summed E-state index contributed by atoms with van der Waals surface area (Å²) in [6, 6.07) is 0. The molecule has 0 aliphatic carbocycles. The van der Waals surface area contributed by atoms with Crippen molar-refractivity contribution >= 4 is 5.97 Å². The van der Waals surface area contributed by atoms with Crippen LogP contribution in [0.2, 0.25) is 0 Å². The molecule has 0 heterocycles. The highest BCUT2D eigenvalue weighted by molar-refractivity contribution is 5.68. The van der Waals surface area contributed by atoms with E-state index in [4.69, 9.17) is 5.26 Å². The molecule has 0 aliphatic rings. The average Bonchev–Trinajstić information content (AvgIpc) is 2.26. The van der Waals surface area contributed by atoms with Gasteiger partial charge in [-0.15, -0.1) is 0 Å². The van der Waals surface area contributed by atoms with Crippen LogP contribution in [0.4, 0.5) is 0 Å². The number of rotatable bonds is 7. The van der Waals surface area contributed by atoms with Gasteiger partial charge < -0.3 is 4.89 Å². The zero-order valence-electron chi connectivity index (χ0n) is 8.63. The maximum atomic E-state index is 10.5. The number of carbonyl (C=O) groups excluding carboxylic acids is 1. The molecule has 0 spiro atoms. The van der Waals surface area contributed by atoms with E-state index in [1.165, 1.54) is 0 Å². The molecule has 0 aromatic heterocycles. The van der Waals surface area contributed by atoms with Crippen LogP contribution < -0.4 is 0 Å². The van der Waals surface area contributed by atoms with E-state index in [0.29, 0.717) is 6.42 Å². The highest BCUT2D eigenvalue weighted by atomic mass is 17.1. The Morgan fingerprint density at radius 2 is 1.87 bits per heavy atom. The molecule has 0 atom stereocenters. The lowest BCUT2D eigenvalue weighted by Crippen LogP contribution is -1.99. The Morgan fingerprint density at radius 3 is 2.53 bits per heavy atom. The highest BCUT2D eigenvalue weighted by Crippen LogP contribution is 1.98. The summed E-state index contributed by atoms with van der Waals surface area (Å²) in [4.78, 5) is 14.0. The topological polar surface area (TPSA) is 46.5 Å². The summed E-state index contributed by atoms with van der Waals surface area (Å²) in [5.74, 6) is -0.590. The summed E-state index contributed by atoms with van der Waals surface area (Å²) < 4.78 is 0. The Morgan fingerprint density at radius 1 is 1.20 bits per heavy atom. The van der Waals surface area contributed by atoms with E-state index >= 15 is 0 Å². The average molecular weight is 208 g/mol. The molecule has 0 saturated carbocycles. The van der Waals surface area contributed by atoms with E-state index in [0.717, 1.165) is 6.42 Å². The van der Waals surface area contributed by atoms with Gasteiger partial charge in [0.25, 0.3) is 0 Å². The van der Waals surface area contributed by atoms with Gasteiger partial charge in [0, 0.05) is 6.42 Å². The molecule has 0 aromatic carbocycles. The van der Waals surface area contributed by atoms with E-state index in [1.54, 1.807) is 6.08 Å². The van der Waals surface area contributed by atoms with Crippen LogP contribution in [-0.4, -0.2) is 11.2 Å². The molecule has 0 aromatic rings. The van der Waals surface area contributed by atoms with Gasteiger partial charge in [-0.25, -0.2) is 4.79 Å². The predicted molar refractivity (Wildman–Crippen MR) is 60.2 cm³/mol. The van der Waals surface area contributed by atoms with Gasteiger partial charge in [0.15, 0.2) is 0 Å². The molecule has 0 aliphatic heterocycles. The maximum Gasteiger partial charge on any atom is 0.342 e. The van der Waals surface area contributed by atoms with Gasteiger partial charge >= 0.3 is 5.97 Å². The minimum absolute atomic E-state index is 0.237. The summed E-state index contributed by atoms with van der Waals surface area (Å²) in [6.07, 6.45) is 14.7. The van der Waals surface area contributed by atoms with Gasteiger partial charge in [0.2, 0.25) is 0 Å². The second-order valence-electron chi connectivity index (χ2n) is 2.79. The quantitative estimate of drug-likeness (QED) is 0.303. The molecule has 0 radical (unpaired) electrons. The van der Waals surface area contributed by atoms with Crippen LogP contribution >= 0.6 is 0 Å². The van der Waals surface area contributed by atoms with Gasteiger partial charge in [0.05, 0.1) is 0 Å². The normalized spacial score (nSPS) is 11.5. The Hall–Kier alpha value is -1.61. The van der Waals surface area contributed by atoms with Gasteiger partial charge in [-0.05, 0) is 12.8 Å². The van der Waals surface area contributed by atoms with Crippen molar-refractivity contribution in [2.45, 2.75) is 19.3 Å². The largest absolute Gasteiger partial charge is 0.342 e. The Bertz CT molecular complexity index is 262. The summed E-state index contributed by atoms with van der Waals surface area (Å²) >= 11 is 0. The predicted octanol–water partition coefficient (Wildman–Crippen LogP) is 3.03. The number of hydrogen-bond acceptors (Lipinski definition) is 3. The Balaban J connectivity index is 3.46. The zero-order chi connectivity index (χ0) is 11.4. The van der Waals surface area contributed by atoms with Crippen molar-refractivity contribution in [3.8, 4) is 0 Å². The van der Waals surface area contributed by atoms with Gasteiger partial charge in [-0.1, -0.05) is 49.1 Å². The second-order valence-corrected chi connectivity index (χ2v) is 2.79. The lowest BCUT2D eigenvalue weighted by molar-refractivity contribution is -0.234. The molecular formula is C12H16O3. The van der Waals surface area contributed by atoms with Gasteiger partial charge in [-0.2, -0.15) is 5.26 Å². The van der Waals surface area contributed by atoms with Crippen LogP contribution in [0.3, 0.4) is 0 Å². The second kappa shape index (κ2) is 10.5. The molecule has 1 N–H and O–H groups in total. The molecule has 3 heteroatoms. The first-order chi connectivity index (χ1) is 7.31. The minimum atomic E-state index is -0.590. The first-order valence-corrected chi connectivity index (χ1v) is 4.76. The number of hydrogen-bond donors (Lipinski definition) is 1. The fourth-order valence-corrected chi connectivity index (χ4v) is 0.856. The summed E-state index contributed by atoms with van der Waals surface area (Å²) in [6.45, 7) is 3.54. The summed E-state index contributed by atoms with van der Waals surface area (Å²) in [7, 11) is 0. The molecule has 0 bridgehead atoms. The monoisotopic (exact) mass is 208 g/mol. The molecule has 0 unspecified atom stereocenters. The third-order valence-electron chi connectivity index (χ3n) is 1.57. The van der Waals surface area contributed by atoms with Crippen LogP contribution in [0, 0.1) is 0 Å². The molecular weight excluding hydrogens is 192 g/mol. The van der Waals surface area contributed by atoms with Gasteiger partial charge in [-0.3, -0.25) is 0 Å². The van der Waals surface area contributed by atoms with E-state index in [1.807, 2.05) is 36.5 Å². The van der Waals surface area contributed by atoms with Crippen LogP contribution in [-0.2, 0) is 9.68 Å². The van der Waals surface area contributed by atoms with Crippen molar-refractivity contribution in [2.75, 3.05) is 0 Å². The smallest absolute Gasteiger partial charge is 0.301 e. The van der Waals surface area contributed by atoms with Crippen molar-refractivity contribution in [3.05, 3.63) is 49.1 Å². The summed E-state index contributed by atoms with van der Waals surface area (Å²) in [5, 5.41) is 7.96. The van der Waals surface area contributed by atoms with Crippen LogP contribution in [0.15, 0.2) is 49.1 Å². The van der Waals surface area contributed by atoms with Crippen molar-refractivity contribution in [2.24, 2.45) is 0 Å². The van der Waals surface area contributed by atoms with Crippen molar-refractivity contribution < 1.29 is 14.9 Å². The van der Waals surface area contributed by atoms with Crippen molar-refractivity contribution in [1.29, 1.82) is 0 Å². The van der Waals surface area contributed by atoms with Crippen molar-refractivity contribution in [3.63, 3.8) is 0 Å². The number of carbonyl (C=O) groups is 1. The Kier molecular flexibility index (Phi) is 9.35. The van der Waals surface area contributed by atoms with Crippen molar-refractivity contribution in [1.82, 2.24) is 0 Å². The van der Waals surface area contributed by atoms with Crippen LogP contribution in [0.25, 0.3) is 0 Å². The minimum Gasteiger partial charge on any atom is -0.301 e. The standard InChI is InChI=1S/C12H16O3/c1-2-3-4-5-6-7-8-9-10-11-12(13)15-14/h2-8,14H,1,9-11H2.